The van der Waals surface area contributed by atoms with Crippen molar-refractivity contribution in [3.8, 4) is 0 Å². The summed E-state index contributed by atoms with van der Waals surface area (Å²) in [6.07, 6.45) is 0. The monoisotopic (exact) mass is 396 g/mol. The van der Waals surface area contributed by atoms with Crippen molar-refractivity contribution in [1.82, 2.24) is 0 Å². The molecule has 0 bridgehead atoms. The predicted molar refractivity (Wildman–Crippen MR) is 90.1 cm³/mol. The second kappa shape index (κ2) is 5.97. The predicted octanol–water partition coefficient (Wildman–Crippen LogP) is 4.66. The van der Waals surface area contributed by atoms with Crippen molar-refractivity contribution in [3.63, 3.8) is 0 Å². The molecule has 0 aliphatic rings. The number of aryl methyl sites for hydroxylation is 2. The fourth-order valence-corrected chi connectivity index (χ4v) is 2.62. The van der Waals surface area contributed by atoms with Crippen molar-refractivity contribution in [2.24, 2.45) is 0 Å². The number of hydrogen-bond donors (Lipinski definition) is 2. The lowest BCUT2D eigenvalue weighted by atomic mass is 10.1. The average molecular weight is 398 g/mol. The Bertz CT molecular complexity index is 661. The van der Waals surface area contributed by atoms with Gasteiger partial charge in [-0.1, -0.05) is 22.0 Å². The van der Waals surface area contributed by atoms with Crippen LogP contribution in [0.4, 0.5) is 11.4 Å². The lowest BCUT2D eigenvalue weighted by Crippen LogP contribution is -2.13. The molecule has 0 atom stereocenters. The minimum absolute atomic E-state index is 0.190. The van der Waals surface area contributed by atoms with E-state index in [9.17, 15) is 4.79 Å². The first-order valence-corrected chi connectivity index (χ1v) is 7.61. The highest BCUT2D eigenvalue weighted by Crippen LogP contribution is 2.27. The largest absolute Gasteiger partial charge is 0.398 e. The van der Waals surface area contributed by atoms with Crippen LogP contribution >= 0.6 is 31.9 Å². The van der Waals surface area contributed by atoms with Gasteiger partial charge in [0.1, 0.15) is 0 Å². The topological polar surface area (TPSA) is 55.1 Å². The zero-order chi connectivity index (χ0) is 14.9. The Morgan fingerprint density at radius 2 is 1.70 bits per heavy atom. The quantitative estimate of drug-likeness (QED) is 0.723. The lowest BCUT2D eigenvalue weighted by molar-refractivity contribution is 0.102. The maximum absolute atomic E-state index is 12.3. The Hall–Kier alpha value is -1.33. The molecule has 0 unspecified atom stereocenters. The molecule has 0 aromatic heterocycles. The number of halogens is 2. The van der Waals surface area contributed by atoms with Crippen LogP contribution < -0.4 is 11.1 Å². The maximum atomic E-state index is 12.3. The first kappa shape index (κ1) is 15.1. The fourth-order valence-electron chi connectivity index (χ4n) is 1.94. The molecule has 0 aliphatic carbocycles. The van der Waals surface area contributed by atoms with E-state index in [1.54, 1.807) is 18.2 Å². The average Bonchev–Trinajstić information content (AvgIpc) is 2.39. The number of nitrogen functional groups attached to an aromatic ring is 1. The first-order valence-electron chi connectivity index (χ1n) is 6.02. The standard InChI is InChI=1S/C15H14Br2N2O/c1-8-6-10(7-9(2)13(8)16)19-15(20)11-4-3-5-12(18)14(11)17/h3-7H,18H2,1-2H3,(H,19,20). The van der Waals surface area contributed by atoms with Gasteiger partial charge < -0.3 is 11.1 Å². The molecule has 2 rings (SSSR count). The molecule has 1 amide bonds. The van der Waals surface area contributed by atoms with Crippen LogP contribution in [0.25, 0.3) is 0 Å². The number of anilines is 2. The molecule has 3 nitrogen and oxygen atoms in total. The number of rotatable bonds is 2. The third-order valence-corrected chi connectivity index (χ3v) is 5.10. The normalized spacial score (nSPS) is 10.4. The van der Waals surface area contributed by atoms with E-state index >= 15 is 0 Å². The Morgan fingerprint density at radius 3 is 2.30 bits per heavy atom. The Labute approximate surface area is 134 Å². The highest BCUT2D eigenvalue weighted by atomic mass is 79.9. The van der Waals surface area contributed by atoms with Gasteiger partial charge in [0, 0.05) is 15.8 Å². The van der Waals surface area contributed by atoms with E-state index in [0.29, 0.717) is 15.7 Å². The van der Waals surface area contributed by atoms with Gasteiger partial charge in [0.25, 0.3) is 5.91 Å². The van der Waals surface area contributed by atoms with E-state index < -0.39 is 0 Å². The third kappa shape index (κ3) is 3.04. The van der Waals surface area contributed by atoms with Gasteiger partial charge in [-0.05, 0) is 65.2 Å². The summed E-state index contributed by atoms with van der Waals surface area (Å²) < 4.78 is 1.67. The molecule has 2 aromatic carbocycles. The Kier molecular flexibility index (Phi) is 4.50. The summed E-state index contributed by atoms with van der Waals surface area (Å²) >= 11 is 6.85. The first-order chi connectivity index (χ1) is 9.40. The van der Waals surface area contributed by atoms with E-state index in [1.807, 2.05) is 26.0 Å². The van der Waals surface area contributed by atoms with E-state index in [-0.39, 0.29) is 5.91 Å². The molecule has 104 valence electrons. The molecule has 20 heavy (non-hydrogen) atoms. The molecule has 0 spiro atoms. The van der Waals surface area contributed by atoms with Gasteiger partial charge in [0.15, 0.2) is 0 Å². The van der Waals surface area contributed by atoms with Gasteiger partial charge >= 0.3 is 0 Å². The molecular weight excluding hydrogens is 384 g/mol. The summed E-state index contributed by atoms with van der Waals surface area (Å²) in [4.78, 5) is 12.3. The van der Waals surface area contributed by atoms with Crippen LogP contribution in [0, 0.1) is 13.8 Å². The van der Waals surface area contributed by atoms with Gasteiger partial charge in [0.05, 0.1) is 10.0 Å². The number of amides is 1. The molecule has 0 heterocycles. The molecular formula is C15H14Br2N2O. The maximum Gasteiger partial charge on any atom is 0.256 e. The van der Waals surface area contributed by atoms with Crippen molar-refractivity contribution in [2.75, 3.05) is 11.1 Å². The molecule has 0 fully saturated rings. The lowest BCUT2D eigenvalue weighted by Gasteiger charge is -2.11. The van der Waals surface area contributed by atoms with Crippen molar-refractivity contribution < 1.29 is 4.79 Å². The molecule has 0 radical (unpaired) electrons. The molecule has 5 heteroatoms. The summed E-state index contributed by atoms with van der Waals surface area (Å²) in [5.41, 5.74) is 9.76. The number of nitrogens with one attached hydrogen (secondary N) is 1. The fraction of sp³-hybridized carbons (Fsp3) is 0.133. The van der Waals surface area contributed by atoms with Crippen molar-refractivity contribution >= 4 is 49.1 Å². The van der Waals surface area contributed by atoms with Crippen LogP contribution in [-0.2, 0) is 0 Å². The van der Waals surface area contributed by atoms with E-state index in [4.69, 9.17) is 5.73 Å². The van der Waals surface area contributed by atoms with E-state index in [0.717, 1.165) is 21.3 Å². The van der Waals surface area contributed by atoms with Gasteiger partial charge in [-0.15, -0.1) is 0 Å². The zero-order valence-electron chi connectivity index (χ0n) is 11.1. The summed E-state index contributed by atoms with van der Waals surface area (Å²) in [5, 5.41) is 2.89. The Balaban J connectivity index is 2.30. The van der Waals surface area contributed by atoms with Crippen LogP contribution in [0.15, 0.2) is 39.3 Å². The number of carbonyl (C=O) groups excluding carboxylic acids is 1. The number of hydrogen-bond acceptors (Lipinski definition) is 2. The van der Waals surface area contributed by atoms with E-state index in [2.05, 4.69) is 37.2 Å². The van der Waals surface area contributed by atoms with Gasteiger partial charge in [-0.3, -0.25) is 4.79 Å². The van der Waals surface area contributed by atoms with Crippen molar-refractivity contribution in [3.05, 3.63) is 56.0 Å². The smallest absolute Gasteiger partial charge is 0.256 e. The van der Waals surface area contributed by atoms with Gasteiger partial charge in [-0.25, -0.2) is 0 Å². The van der Waals surface area contributed by atoms with Crippen LogP contribution in [0.1, 0.15) is 21.5 Å². The second-order valence-electron chi connectivity index (χ2n) is 4.59. The summed E-state index contributed by atoms with van der Waals surface area (Å²) in [5.74, 6) is -0.190. The summed E-state index contributed by atoms with van der Waals surface area (Å²) in [6.45, 7) is 3.98. The van der Waals surface area contributed by atoms with Crippen molar-refractivity contribution in [2.45, 2.75) is 13.8 Å². The van der Waals surface area contributed by atoms with Crippen molar-refractivity contribution in [1.29, 1.82) is 0 Å². The third-order valence-electron chi connectivity index (χ3n) is 2.97. The number of carbonyl (C=O) groups is 1. The van der Waals surface area contributed by atoms with E-state index in [1.165, 1.54) is 0 Å². The highest BCUT2D eigenvalue weighted by Gasteiger charge is 2.12. The molecule has 3 N–H and O–H groups in total. The Morgan fingerprint density at radius 1 is 1.10 bits per heavy atom. The van der Waals surface area contributed by atoms with Crippen LogP contribution in [0.2, 0.25) is 0 Å². The van der Waals surface area contributed by atoms with Gasteiger partial charge in [0.2, 0.25) is 0 Å². The minimum atomic E-state index is -0.190. The molecule has 2 aromatic rings. The molecule has 0 saturated carbocycles. The summed E-state index contributed by atoms with van der Waals surface area (Å²) in [7, 11) is 0. The van der Waals surface area contributed by atoms with Gasteiger partial charge in [-0.2, -0.15) is 0 Å². The molecule has 0 saturated heterocycles. The number of nitrogens with two attached hydrogens (primary N) is 1. The SMILES string of the molecule is Cc1cc(NC(=O)c2cccc(N)c2Br)cc(C)c1Br. The minimum Gasteiger partial charge on any atom is -0.398 e. The summed E-state index contributed by atoms with van der Waals surface area (Å²) in [6, 6.07) is 9.08. The molecule has 0 aliphatic heterocycles. The van der Waals surface area contributed by atoms with Crippen LogP contribution in [-0.4, -0.2) is 5.91 Å². The van der Waals surface area contributed by atoms with Crippen LogP contribution in [0.5, 0.6) is 0 Å². The number of benzene rings is 2. The second-order valence-corrected chi connectivity index (χ2v) is 6.17. The highest BCUT2D eigenvalue weighted by molar-refractivity contribution is 9.11. The van der Waals surface area contributed by atoms with Crippen LogP contribution in [0.3, 0.4) is 0 Å². The zero-order valence-corrected chi connectivity index (χ0v) is 14.3.